The van der Waals surface area contributed by atoms with Crippen LogP contribution < -0.4 is 5.32 Å². The Balaban J connectivity index is 2.10. The van der Waals surface area contributed by atoms with Gasteiger partial charge in [0.25, 0.3) is 0 Å². The van der Waals surface area contributed by atoms with E-state index in [4.69, 9.17) is 0 Å². The molecule has 1 atom stereocenters. The van der Waals surface area contributed by atoms with Gasteiger partial charge in [0.05, 0.1) is 0 Å². The second kappa shape index (κ2) is 8.97. The molecule has 0 amide bonds. The second-order valence-electron chi connectivity index (χ2n) is 6.49. The molecule has 1 aliphatic rings. The van der Waals surface area contributed by atoms with Crippen molar-refractivity contribution in [2.45, 2.75) is 84.6 Å². The molecule has 0 aromatic rings. The third-order valence-corrected chi connectivity index (χ3v) is 4.16. The molecule has 0 aliphatic heterocycles. The molecule has 1 rings (SSSR count). The lowest BCUT2D eigenvalue weighted by Crippen LogP contribution is -2.31. The van der Waals surface area contributed by atoms with E-state index in [1.807, 2.05) is 0 Å². The highest BCUT2D eigenvalue weighted by molar-refractivity contribution is 4.69. The molecule has 1 nitrogen and oxygen atoms in total. The quantitative estimate of drug-likeness (QED) is 0.704. The van der Waals surface area contributed by atoms with Crippen LogP contribution in [0, 0.1) is 11.8 Å². The minimum atomic E-state index is 0.711. The molecule has 17 heavy (non-hydrogen) atoms. The predicted molar refractivity (Wildman–Crippen MR) is 77.3 cm³/mol. The molecule has 1 aliphatic carbocycles. The average Bonchev–Trinajstić information content (AvgIpc) is 2.24. The zero-order chi connectivity index (χ0) is 12.5. The zero-order valence-corrected chi connectivity index (χ0v) is 12.3. The number of nitrogens with one attached hydrogen (secondary N) is 1. The summed E-state index contributed by atoms with van der Waals surface area (Å²) in [5, 5.41) is 3.76. The van der Waals surface area contributed by atoms with Crippen LogP contribution in [0.2, 0.25) is 0 Å². The van der Waals surface area contributed by atoms with E-state index in [2.05, 4.69) is 26.1 Å². The van der Waals surface area contributed by atoms with Crippen LogP contribution in [-0.4, -0.2) is 12.6 Å². The van der Waals surface area contributed by atoms with Crippen molar-refractivity contribution in [2.24, 2.45) is 11.8 Å². The standard InChI is InChI=1S/C16H33N/c1-14(2)11-12-15(3)17-13-16-9-7-5-4-6-8-10-16/h14-17H,4-13H2,1-3H3. The molecule has 0 spiro atoms. The lowest BCUT2D eigenvalue weighted by molar-refractivity contribution is 0.338. The second-order valence-corrected chi connectivity index (χ2v) is 6.49. The first-order chi connectivity index (χ1) is 8.18. The molecule has 1 fully saturated rings. The summed E-state index contributed by atoms with van der Waals surface area (Å²) in [6, 6.07) is 0.711. The van der Waals surface area contributed by atoms with Crippen molar-refractivity contribution in [1.29, 1.82) is 0 Å². The summed E-state index contributed by atoms with van der Waals surface area (Å²) in [4.78, 5) is 0. The molecule has 102 valence electrons. The smallest absolute Gasteiger partial charge is 0.00389 e. The Hall–Kier alpha value is -0.0400. The van der Waals surface area contributed by atoms with Gasteiger partial charge in [0.2, 0.25) is 0 Å². The first-order valence-electron chi connectivity index (χ1n) is 7.92. The van der Waals surface area contributed by atoms with Gasteiger partial charge in [0, 0.05) is 6.04 Å². The van der Waals surface area contributed by atoms with Gasteiger partial charge in [0.1, 0.15) is 0 Å². The van der Waals surface area contributed by atoms with Gasteiger partial charge in [-0.15, -0.1) is 0 Å². The van der Waals surface area contributed by atoms with Gasteiger partial charge in [0.15, 0.2) is 0 Å². The van der Waals surface area contributed by atoms with Crippen LogP contribution in [0.3, 0.4) is 0 Å². The summed E-state index contributed by atoms with van der Waals surface area (Å²) >= 11 is 0. The summed E-state index contributed by atoms with van der Waals surface area (Å²) in [6.45, 7) is 8.26. The molecule has 1 unspecified atom stereocenters. The molecule has 1 saturated carbocycles. The van der Waals surface area contributed by atoms with Crippen molar-refractivity contribution < 1.29 is 0 Å². The van der Waals surface area contributed by atoms with Crippen LogP contribution >= 0.6 is 0 Å². The van der Waals surface area contributed by atoms with E-state index in [9.17, 15) is 0 Å². The largest absolute Gasteiger partial charge is 0.314 e. The normalized spacial score (nSPS) is 21.2. The Labute approximate surface area is 109 Å². The van der Waals surface area contributed by atoms with Crippen LogP contribution in [0.4, 0.5) is 0 Å². The van der Waals surface area contributed by atoms with E-state index in [1.54, 1.807) is 0 Å². The van der Waals surface area contributed by atoms with Crippen LogP contribution in [0.1, 0.15) is 78.6 Å². The van der Waals surface area contributed by atoms with Crippen LogP contribution in [0.5, 0.6) is 0 Å². The van der Waals surface area contributed by atoms with Gasteiger partial charge in [-0.1, -0.05) is 46.0 Å². The maximum absolute atomic E-state index is 3.76. The Morgan fingerprint density at radius 2 is 1.47 bits per heavy atom. The van der Waals surface area contributed by atoms with Gasteiger partial charge >= 0.3 is 0 Å². The van der Waals surface area contributed by atoms with Gasteiger partial charge in [-0.3, -0.25) is 0 Å². The van der Waals surface area contributed by atoms with Gasteiger partial charge in [-0.25, -0.2) is 0 Å². The monoisotopic (exact) mass is 239 g/mol. The molecule has 0 aromatic heterocycles. The molecule has 0 saturated heterocycles. The van der Waals surface area contributed by atoms with E-state index < -0.39 is 0 Å². The Morgan fingerprint density at radius 3 is 2.06 bits per heavy atom. The lowest BCUT2D eigenvalue weighted by atomic mass is 9.91. The SMILES string of the molecule is CC(C)CCC(C)NCC1CCCCCCC1. The van der Waals surface area contributed by atoms with E-state index in [0.29, 0.717) is 6.04 Å². The fraction of sp³-hybridized carbons (Fsp3) is 1.00. The Bertz CT molecular complexity index is 168. The van der Waals surface area contributed by atoms with E-state index in [-0.39, 0.29) is 0 Å². The predicted octanol–water partition coefficient (Wildman–Crippen LogP) is 4.76. The molecule has 0 bridgehead atoms. The molecule has 0 heterocycles. The van der Waals surface area contributed by atoms with E-state index in [0.717, 1.165) is 11.8 Å². The summed E-state index contributed by atoms with van der Waals surface area (Å²) < 4.78 is 0. The fourth-order valence-electron chi connectivity index (χ4n) is 2.80. The average molecular weight is 239 g/mol. The third kappa shape index (κ3) is 7.81. The van der Waals surface area contributed by atoms with Crippen molar-refractivity contribution in [3.63, 3.8) is 0 Å². The minimum absolute atomic E-state index is 0.711. The lowest BCUT2D eigenvalue weighted by Gasteiger charge is -2.23. The fourth-order valence-corrected chi connectivity index (χ4v) is 2.80. The first-order valence-corrected chi connectivity index (χ1v) is 7.92. The highest BCUT2D eigenvalue weighted by Gasteiger charge is 2.12. The number of hydrogen-bond acceptors (Lipinski definition) is 1. The maximum Gasteiger partial charge on any atom is 0.00389 e. The number of rotatable bonds is 6. The van der Waals surface area contributed by atoms with Crippen LogP contribution in [0.15, 0.2) is 0 Å². The zero-order valence-electron chi connectivity index (χ0n) is 12.3. The molecule has 0 radical (unpaired) electrons. The van der Waals surface area contributed by atoms with Gasteiger partial charge in [-0.2, -0.15) is 0 Å². The van der Waals surface area contributed by atoms with Crippen molar-refractivity contribution in [3.8, 4) is 0 Å². The highest BCUT2D eigenvalue weighted by Crippen LogP contribution is 2.21. The highest BCUT2D eigenvalue weighted by atomic mass is 14.9. The topological polar surface area (TPSA) is 12.0 Å². The molecule has 1 heteroatoms. The Morgan fingerprint density at radius 1 is 0.882 bits per heavy atom. The number of hydrogen-bond donors (Lipinski definition) is 1. The molecule has 1 N–H and O–H groups in total. The first kappa shape index (κ1) is 15.0. The third-order valence-electron chi connectivity index (χ3n) is 4.16. The van der Waals surface area contributed by atoms with Crippen molar-refractivity contribution >= 4 is 0 Å². The molecular formula is C16H33N. The van der Waals surface area contributed by atoms with Crippen molar-refractivity contribution in [2.75, 3.05) is 6.54 Å². The summed E-state index contributed by atoms with van der Waals surface area (Å²) in [6.07, 6.45) is 13.0. The van der Waals surface area contributed by atoms with E-state index >= 15 is 0 Å². The molecular weight excluding hydrogens is 206 g/mol. The van der Waals surface area contributed by atoms with Crippen LogP contribution in [-0.2, 0) is 0 Å². The van der Waals surface area contributed by atoms with Crippen molar-refractivity contribution in [1.82, 2.24) is 5.32 Å². The summed E-state index contributed by atoms with van der Waals surface area (Å²) in [5.74, 6) is 1.80. The summed E-state index contributed by atoms with van der Waals surface area (Å²) in [5.41, 5.74) is 0. The van der Waals surface area contributed by atoms with E-state index in [1.165, 1.54) is 64.3 Å². The minimum Gasteiger partial charge on any atom is -0.314 e. The maximum atomic E-state index is 3.76. The Kier molecular flexibility index (Phi) is 7.92. The van der Waals surface area contributed by atoms with Crippen molar-refractivity contribution in [3.05, 3.63) is 0 Å². The van der Waals surface area contributed by atoms with Crippen LogP contribution in [0.25, 0.3) is 0 Å². The van der Waals surface area contributed by atoms with Gasteiger partial charge < -0.3 is 5.32 Å². The molecule has 0 aromatic carbocycles. The van der Waals surface area contributed by atoms with Gasteiger partial charge in [-0.05, 0) is 51.0 Å². The summed E-state index contributed by atoms with van der Waals surface area (Å²) in [7, 11) is 0.